The highest BCUT2D eigenvalue weighted by Crippen LogP contribution is 2.24. The zero-order valence-electron chi connectivity index (χ0n) is 15.9. The van der Waals surface area contributed by atoms with Gasteiger partial charge in [-0.2, -0.15) is 5.26 Å². The van der Waals surface area contributed by atoms with Gasteiger partial charge in [0.15, 0.2) is 6.61 Å². The SMILES string of the molecule is COCCCn1c(O)c(C(=O)COc2ccc(Cl)c(C)c2)c(C)c(C#N)c1=O. The van der Waals surface area contributed by atoms with Gasteiger partial charge in [0.05, 0.1) is 5.56 Å². The zero-order valence-corrected chi connectivity index (χ0v) is 16.7. The standard InChI is InChI=1S/C20H21ClN2O5/c1-12-9-14(5-6-16(12)21)28-11-17(24)18-13(2)15(10-22)19(25)23(20(18)26)7-4-8-27-3/h5-6,9,26H,4,7-8,11H2,1-3H3. The van der Waals surface area contributed by atoms with Crippen LogP contribution in [0.15, 0.2) is 23.0 Å². The number of pyridine rings is 1. The van der Waals surface area contributed by atoms with E-state index in [2.05, 4.69) is 0 Å². The van der Waals surface area contributed by atoms with Crippen molar-refractivity contribution in [2.75, 3.05) is 20.3 Å². The van der Waals surface area contributed by atoms with Crippen molar-refractivity contribution in [3.8, 4) is 17.7 Å². The maximum Gasteiger partial charge on any atom is 0.271 e. The van der Waals surface area contributed by atoms with Crippen LogP contribution in [0.1, 0.15) is 33.5 Å². The van der Waals surface area contributed by atoms with Crippen molar-refractivity contribution in [2.24, 2.45) is 0 Å². The molecule has 0 aliphatic carbocycles. The molecule has 7 nitrogen and oxygen atoms in total. The maximum absolute atomic E-state index is 12.7. The number of aromatic hydroxyl groups is 1. The minimum atomic E-state index is -0.639. The molecule has 28 heavy (non-hydrogen) atoms. The van der Waals surface area contributed by atoms with Crippen LogP contribution in [-0.2, 0) is 11.3 Å². The summed E-state index contributed by atoms with van der Waals surface area (Å²) in [4.78, 5) is 25.2. The Balaban J connectivity index is 2.35. The molecule has 0 amide bonds. The third-order valence-electron chi connectivity index (χ3n) is 4.31. The number of ether oxygens (including phenoxy) is 2. The molecule has 0 radical (unpaired) electrons. The fraction of sp³-hybridized carbons (Fsp3) is 0.350. The van der Waals surface area contributed by atoms with Crippen molar-refractivity contribution in [1.29, 1.82) is 5.26 Å². The van der Waals surface area contributed by atoms with Crippen molar-refractivity contribution in [2.45, 2.75) is 26.8 Å². The van der Waals surface area contributed by atoms with Gasteiger partial charge in [-0.1, -0.05) is 11.6 Å². The zero-order chi connectivity index (χ0) is 20.8. The third-order valence-corrected chi connectivity index (χ3v) is 4.73. The van der Waals surface area contributed by atoms with Crippen molar-refractivity contribution in [3.63, 3.8) is 0 Å². The summed E-state index contributed by atoms with van der Waals surface area (Å²) in [6, 6.07) is 6.79. The number of halogens is 1. The average molecular weight is 405 g/mol. The number of nitrogens with zero attached hydrogens (tertiary/aromatic N) is 2. The molecule has 1 N–H and O–H groups in total. The number of aryl methyl sites for hydroxylation is 1. The molecule has 0 aliphatic heterocycles. The van der Waals surface area contributed by atoms with Crippen LogP contribution >= 0.6 is 11.6 Å². The van der Waals surface area contributed by atoms with Crippen LogP contribution in [-0.4, -0.2) is 35.8 Å². The molecule has 8 heteroatoms. The summed E-state index contributed by atoms with van der Waals surface area (Å²) in [7, 11) is 1.52. The summed E-state index contributed by atoms with van der Waals surface area (Å²) in [6.07, 6.45) is 0.437. The number of carbonyl (C=O) groups is 1. The van der Waals surface area contributed by atoms with Gasteiger partial charge in [-0.25, -0.2) is 0 Å². The highest BCUT2D eigenvalue weighted by Gasteiger charge is 2.24. The molecule has 0 unspecified atom stereocenters. The van der Waals surface area contributed by atoms with Crippen LogP contribution in [0.3, 0.4) is 0 Å². The van der Waals surface area contributed by atoms with Gasteiger partial charge in [-0.05, 0) is 49.6 Å². The fourth-order valence-electron chi connectivity index (χ4n) is 2.79. The lowest BCUT2D eigenvalue weighted by Gasteiger charge is -2.15. The molecule has 0 fully saturated rings. The highest BCUT2D eigenvalue weighted by atomic mass is 35.5. The Bertz CT molecular complexity index is 992. The Morgan fingerprint density at radius 1 is 1.36 bits per heavy atom. The molecule has 1 heterocycles. The van der Waals surface area contributed by atoms with Gasteiger partial charge in [0.1, 0.15) is 17.4 Å². The third kappa shape index (κ3) is 4.53. The normalized spacial score (nSPS) is 10.5. The maximum atomic E-state index is 12.7. The van der Waals surface area contributed by atoms with Gasteiger partial charge < -0.3 is 14.6 Å². The molecule has 2 rings (SSSR count). The van der Waals surface area contributed by atoms with Gasteiger partial charge in [0.25, 0.3) is 5.56 Å². The number of hydrogen-bond donors (Lipinski definition) is 1. The monoisotopic (exact) mass is 404 g/mol. The average Bonchev–Trinajstić information content (AvgIpc) is 2.66. The summed E-state index contributed by atoms with van der Waals surface area (Å²) in [5, 5.41) is 20.4. The molecule has 0 saturated heterocycles. The number of Topliss-reactive ketones (excluding diaryl/α,β-unsaturated/α-hetero) is 1. The Hall–Kier alpha value is -2.82. The van der Waals surface area contributed by atoms with E-state index in [1.54, 1.807) is 18.2 Å². The van der Waals surface area contributed by atoms with Crippen molar-refractivity contribution in [1.82, 2.24) is 4.57 Å². The molecule has 2 aromatic rings. The number of nitriles is 1. The second kappa shape index (κ2) is 9.40. The summed E-state index contributed by atoms with van der Waals surface area (Å²) >= 11 is 5.97. The van der Waals surface area contributed by atoms with Gasteiger partial charge in [-0.3, -0.25) is 14.2 Å². The first-order valence-electron chi connectivity index (χ1n) is 8.59. The van der Waals surface area contributed by atoms with E-state index in [-0.39, 0.29) is 29.8 Å². The van der Waals surface area contributed by atoms with E-state index in [0.717, 1.165) is 10.1 Å². The molecule has 148 valence electrons. The number of ketones is 1. The summed E-state index contributed by atoms with van der Waals surface area (Å²) in [5.74, 6) is -0.570. The lowest BCUT2D eigenvalue weighted by Crippen LogP contribution is -2.28. The van der Waals surface area contributed by atoms with E-state index >= 15 is 0 Å². The van der Waals surface area contributed by atoms with E-state index in [4.69, 9.17) is 21.1 Å². The largest absolute Gasteiger partial charge is 0.494 e. The quantitative estimate of drug-likeness (QED) is 0.536. The van der Waals surface area contributed by atoms with E-state index in [1.807, 2.05) is 13.0 Å². The second-order valence-electron chi connectivity index (χ2n) is 6.24. The van der Waals surface area contributed by atoms with Gasteiger partial charge in [0, 0.05) is 25.3 Å². The first-order valence-corrected chi connectivity index (χ1v) is 8.97. The Labute approximate surface area is 167 Å². The van der Waals surface area contributed by atoms with Crippen LogP contribution in [0, 0.1) is 25.2 Å². The molecular weight excluding hydrogens is 384 g/mol. The summed E-state index contributed by atoms with van der Waals surface area (Å²) in [6.45, 7) is 3.38. The number of benzene rings is 1. The van der Waals surface area contributed by atoms with Crippen molar-refractivity contribution < 1.29 is 19.4 Å². The van der Waals surface area contributed by atoms with E-state index in [0.29, 0.717) is 23.8 Å². The summed E-state index contributed by atoms with van der Waals surface area (Å²) in [5.41, 5.74) is 0.0116. The van der Waals surface area contributed by atoms with E-state index < -0.39 is 17.2 Å². The van der Waals surface area contributed by atoms with Crippen LogP contribution in [0.2, 0.25) is 5.02 Å². The van der Waals surface area contributed by atoms with Crippen LogP contribution in [0.5, 0.6) is 11.6 Å². The molecule has 0 saturated carbocycles. The van der Waals surface area contributed by atoms with Crippen LogP contribution in [0.25, 0.3) is 0 Å². The molecule has 0 spiro atoms. The number of methoxy groups -OCH3 is 1. The van der Waals surface area contributed by atoms with Crippen molar-refractivity contribution >= 4 is 17.4 Å². The fourth-order valence-corrected chi connectivity index (χ4v) is 2.90. The predicted octanol–water partition coefficient (Wildman–Crippen LogP) is 2.99. The van der Waals surface area contributed by atoms with Gasteiger partial charge in [0.2, 0.25) is 11.7 Å². The Morgan fingerprint density at radius 2 is 2.07 bits per heavy atom. The number of hydrogen-bond acceptors (Lipinski definition) is 6. The van der Waals surface area contributed by atoms with E-state index in [1.165, 1.54) is 14.0 Å². The predicted molar refractivity (Wildman–Crippen MR) is 104 cm³/mol. The molecule has 0 atom stereocenters. The minimum Gasteiger partial charge on any atom is -0.494 e. The lowest BCUT2D eigenvalue weighted by molar-refractivity contribution is 0.0916. The molecule has 0 bridgehead atoms. The Morgan fingerprint density at radius 3 is 2.68 bits per heavy atom. The smallest absolute Gasteiger partial charge is 0.271 e. The van der Waals surface area contributed by atoms with Crippen molar-refractivity contribution in [3.05, 3.63) is 55.8 Å². The topological polar surface area (TPSA) is 102 Å². The minimum absolute atomic E-state index is 0.0979. The van der Waals surface area contributed by atoms with Gasteiger partial charge in [-0.15, -0.1) is 0 Å². The van der Waals surface area contributed by atoms with Crippen LogP contribution in [0.4, 0.5) is 0 Å². The molecular formula is C20H21ClN2O5. The first kappa shape index (κ1) is 21.5. The second-order valence-corrected chi connectivity index (χ2v) is 6.64. The molecule has 1 aromatic carbocycles. The number of aromatic nitrogens is 1. The number of carbonyl (C=O) groups excluding carboxylic acids is 1. The molecule has 1 aromatic heterocycles. The Kier molecular flexibility index (Phi) is 7.21. The highest BCUT2D eigenvalue weighted by molar-refractivity contribution is 6.31. The molecule has 0 aliphatic rings. The van der Waals surface area contributed by atoms with E-state index in [9.17, 15) is 20.0 Å². The van der Waals surface area contributed by atoms with Gasteiger partial charge >= 0.3 is 0 Å². The number of rotatable bonds is 8. The lowest BCUT2D eigenvalue weighted by atomic mass is 10.0. The summed E-state index contributed by atoms with van der Waals surface area (Å²) < 4.78 is 11.5. The first-order chi connectivity index (χ1) is 13.3. The van der Waals surface area contributed by atoms with Crippen LogP contribution < -0.4 is 10.3 Å².